The van der Waals surface area contributed by atoms with Crippen molar-refractivity contribution < 1.29 is 9.59 Å². The number of imide groups is 1. The van der Waals surface area contributed by atoms with Crippen LogP contribution in [0.3, 0.4) is 0 Å². The predicted molar refractivity (Wildman–Crippen MR) is 72.4 cm³/mol. The van der Waals surface area contributed by atoms with Gasteiger partial charge in [-0.3, -0.25) is 14.5 Å². The van der Waals surface area contributed by atoms with Gasteiger partial charge in [-0.25, -0.2) is 0 Å². The van der Waals surface area contributed by atoms with E-state index in [1.54, 1.807) is 4.90 Å². The van der Waals surface area contributed by atoms with Crippen molar-refractivity contribution in [3.8, 4) is 0 Å². The Hall–Kier alpha value is -0.900. The maximum absolute atomic E-state index is 12.3. The van der Waals surface area contributed by atoms with Gasteiger partial charge in [0.1, 0.15) is 0 Å². The lowest BCUT2D eigenvalue weighted by Crippen LogP contribution is -2.40. The zero-order valence-electron chi connectivity index (χ0n) is 11.7. The molecule has 3 fully saturated rings. The summed E-state index contributed by atoms with van der Waals surface area (Å²) < 4.78 is 0. The van der Waals surface area contributed by atoms with E-state index >= 15 is 0 Å². The molecule has 4 heteroatoms. The molecule has 3 aliphatic rings. The molecule has 0 aromatic rings. The van der Waals surface area contributed by atoms with Crippen LogP contribution in [0.15, 0.2) is 0 Å². The topological polar surface area (TPSA) is 49.4 Å². The summed E-state index contributed by atoms with van der Waals surface area (Å²) in [6, 6.07) is 0.494. The fourth-order valence-electron chi connectivity index (χ4n) is 4.02. The van der Waals surface area contributed by atoms with Crippen molar-refractivity contribution in [1.82, 2.24) is 10.2 Å². The van der Waals surface area contributed by atoms with Crippen molar-refractivity contribution in [3.05, 3.63) is 0 Å². The number of amides is 2. The molecule has 0 bridgehead atoms. The summed E-state index contributed by atoms with van der Waals surface area (Å²) in [5, 5.41) is 3.48. The SMILES string of the molecule is CC1CC2C(=O)N(CCC3CCCCN3)C(=O)C2C1. The van der Waals surface area contributed by atoms with Crippen LogP contribution in [0.1, 0.15) is 45.4 Å². The summed E-state index contributed by atoms with van der Waals surface area (Å²) >= 11 is 0. The van der Waals surface area contributed by atoms with Gasteiger partial charge in [-0.1, -0.05) is 13.3 Å². The molecule has 2 aliphatic heterocycles. The molecule has 3 unspecified atom stereocenters. The first kappa shape index (κ1) is 13.1. The van der Waals surface area contributed by atoms with Gasteiger partial charge in [0.2, 0.25) is 11.8 Å². The lowest BCUT2D eigenvalue weighted by Gasteiger charge is -2.25. The van der Waals surface area contributed by atoms with Crippen LogP contribution in [0, 0.1) is 17.8 Å². The second-order valence-electron chi connectivity index (χ2n) is 6.55. The number of carbonyl (C=O) groups excluding carboxylic acids is 2. The zero-order valence-corrected chi connectivity index (χ0v) is 11.7. The third-order valence-electron chi connectivity index (χ3n) is 5.08. The number of fused-ring (bicyclic) bond motifs is 1. The molecule has 1 aliphatic carbocycles. The fourth-order valence-corrected chi connectivity index (χ4v) is 4.02. The molecular weight excluding hydrogens is 240 g/mol. The molecule has 19 heavy (non-hydrogen) atoms. The van der Waals surface area contributed by atoms with E-state index < -0.39 is 0 Å². The molecule has 2 saturated heterocycles. The van der Waals surface area contributed by atoms with E-state index in [1.165, 1.54) is 19.3 Å². The zero-order chi connectivity index (χ0) is 13.4. The Kier molecular flexibility index (Phi) is 3.61. The van der Waals surface area contributed by atoms with Gasteiger partial charge >= 0.3 is 0 Å². The molecule has 0 spiro atoms. The lowest BCUT2D eigenvalue weighted by molar-refractivity contribution is -0.140. The standard InChI is InChI=1S/C15H24N2O2/c1-10-8-12-13(9-10)15(19)17(14(12)18)7-5-11-4-2-3-6-16-11/h10-13,16H,2-9H2,1H3. The van der Waals surface area contributed by atoms with E-state index in [1.807, 2.05) is 0 Å². The number of rotatable bonds is 3. The highest BCUT2D eigenvalue weighted by Gasteiger charge is 2.51. The number of nitrogens with zero attached hydrogens (tertiary/aromatic N) is 1. The monoisotopic (exact) mass is 264 g/mol. The predicted octanol–water partition coefficient (Wildman–Crippen LogP) is 1.55. The number of likely N-dealkylation sites (tertiary alicyclic amines) is 1. The average molecular weight is 264 g/mol. The van der Waals surface area contributed by atoms with Gasteiger partial charge in [0.25, 0.3) is 0 Å². The van der Waals surface area contributed by atoms with Gasteiger partial charge in [-0.15, -0.1) is 0 Å². The van der Waals surface area contributed by atoms with Crippen LogP contribution in [0.25, 0.3) is 0 Å². The summed E-state index contributed by atoms with van der Waals surface area (Å²) in [5.74, 6) is 0.749. The Labute approximate surface area is 114 Å². The fraction of sp³-hybridized carbons (Fsp3) is 0.867. The van der Waals surface area contributed by atoms with Crippen LogP contribution in [0.5, 0.6) is 0 Å². The summed E-state index contributed by atoms with van der Waals surface area (Å²) in [6.07, 6.45) is 6.44. The maximum atomic E-state index is 12.3. The lowest BCUT2D eigenvalue weighted by atomic mass is 10.00. The number of hydrogen-bond acceptors (Lipinski definition) is 3. The van der Waals surface area contributed by atoms with Gasteiger partial charge in [-0.05, 0) is 44.6 Å². The highest BCUT2D eigenvalue weighted by molar-refractivity contribution is 6.05. The minimum Gasteiger partial charge on any atom is -0.314 e. The largest absolute Gasteiger partial charge is 0.314 e. The molecule has 106 valence electrons. The Balaban J connectivity index is 1.57. The molecule has 4 nitrogen and oxygen atoms in total. The number of carbonyl (C=O) groups is 2. The van der Waals surface area contributed by atoms with E-state index in [0.29, 0.717) is 18.5 Å². The van der Waals surface area contributed by atoms with E-state index in [2.05, 4.69) is 12.2 Å². The van der Waals surface area contributed by atoms with E-state index in [4.69, 9.17) is 0 Å². The molecule has 0 radical (unpaired) electrons. The van der Waals surface area contributed by atoms with Crippen molar-refractivity contribution in [3.63, 3.8) is 0 Å². The highest BCUT2D eigenvalue weighted by Crippen LogP contribution is 2.42. The summed E-state index contributed by atoms with van der Waals surface area (Å²) in [4.78, 5) is 26.2. The summed E-state index contributed by atoms with van der Waals surface area (Å²) in [7, 11) is 0. The molecule has 0 aromatic heterocycles. The van der Waals surface area contributed by atoms with Crippen molar-refractivity contribution in [2.45, 2.75) is 51.5 Å². The van der Waals surface area contributed by atoms with Gasteiger partial charge in [0.05, 0.1) is 11.8 Å². The van der Waals surface area contributed by atoms with Crippen molar-refractivity contribution in [1.29, 1.82) is 0 Å². The van der Waals surface area contributed by atoms with Crippen LogP contribution in [0.2, 0.25) is 0 Å². The van der Waals surface area contributed by atoms with Crippen LogP contribution in [-0.4, -0.2) is 35.8 Å². The van der Waals surface area contributed by atoms with Gasteiger partial charge in [0.15, 0.2) is 0 Å². The first-order chi connectivity index (χ1) is 9.16. The number of nitrogens with one attached hydrogen (secondary N) is 1. The molecule has 3 rings (SSSR count). The quantitative estimate of drug-likeness (QED) is 0.787. The molecule has 1 saturated carbocycles. The summed E-state index contributed by atoms with van der Waals surface area (Å²) in [6.45, 7) is 3.85. The van der Waals surface area contributed by atoms with Gasteiger partial charge < -0.3 is 5.32 Å². The Morgan fingerprint density at radius 1 is 1.16 bits per heavy atom. The molecule has 0 aromatic carbocycles. The maximum Gasteiger partial charge on any atom is 0.233 e. The van der Waals surface area contributed by atoms with Crippen molar-refractivity contribution >= 4 is 11.8 Å². The molecule has 3 atom stereocenters. The van der Waals surface area contributed by atoms with E-state index in [9.17, 15) is 9.59 Å². The normalized spacial score (nSPS) is 38.9. The number of hydrogen-bond donors (Lipinski definition) is 1. The number of piperidine rings is 1. The first-order valence-electron chi connectivity index (χ1n) is 7.75. The van der Waals surface area contributed by atoms with Crippen molar-refractivity contribution in [2.24, 2.45) is 17.8 Å². The first-order valence-corrected chi connectivity index (χ1v) is 7.75. The smallest absolute Gasteiger partial charge is 0.233 e. The molecular formula is C15H24N2O2. The van der Waals surface area contributed by atoms with Gasteiger partial charge in [-0.2, -0.15) is 0 Å². The van der Waals surface area contributed by atoms with Crippen LogP contribution in [-0.2, 0) is 9.59 Å². The third-order valence-corrected chi connectivity index (χ3v) is 5.08. The molecule has 2 amide bonds. The minimum absolute atomic E-state index is 0.00168. The minimum atomic E-state index is 0.00168. The Morgan fingerprint density at radius 2 is 1.84 bits per heavy atom. The second kappa shape index (κ2) is 5.23. The van der Waals surface area contributed by atoms with Gasteiger partial charge in [0, 0.05) is 12.6 Å². The van der Waals surface area contributed by atoms with Crippen LogP contribution in [0.4, 0.5) is 0 Å². The third kappa shape index (κ3) is 2.42. The molecule has 2 heterocycles. The second-order valence-corrected chi connectivity index (χ2v) is 6.55. The Morgan fingerprint density at radius 3 is 2.42 bits per heavy atom. The van der Waals surface area contributed by atoms with E-state index in [0.717, 1.165) is 25.8 Å². The average Bonchev–Trinajstić information content (AvgIpc) is 2.89. The highest BCUT2D eigenvalue weighted by atomic mass is 16.2. The van der Waals surface area contributed by atoms with Crippen LogP contribution < -0.4 is 5.32 Å². The molecule has 1 N–H and O–H groups in total. The summed E-state index contributed by atoms with van der Waals surface area (Å²) in [5.41, 5.74) is 0. The van der Waals surface area contributed by atoms with Crippen molar-refractivity contribution in [2.75, 3.05) is 13.1 Å². The van der Waals surface area contributed by atoms with Crippen LogP contribution >= 0.6 is 0 Å². The van der Waals surface area contributed by atoms with E-state index in [-0.39, 0.29) is 23.7 Å². The Bertz CT molecular complexity index is 352.